The van der Waals surface area contributed by atoms with Crippen LogP contribution in [0.15, 0.2) is 31.0 Å². The van der Waals surface area contributed by atoms with Gasteiger partial charge in [-0.2, -0.15) is 0 Å². The maximum atomic E-state index is 13.9. The van der Waals surface area contributed by atoms with E-state index in [1.54, 1.807) is 13.1 Å². The summed E-state index contributed by atoms with van der Waals surface area (Å²) in [5.41, 5.74) is 0.561. The highest BCUT2D eigenvalue weighted by Crippen LogP contribution is 2.39. The molecule has 0 amide bonds. The number of hydrogen-bond acceptors (Lipinski definition) is 2. The molecule has 16 heavy (non-hydrogen) atoms. The highest BCUT2D eigenvalue weighted by atomic mass is 19.1. The number of hydrogen-bond donors (Lipinski definition) is 0. The zero-order valence-electron chi connectivity index (χ0n) is 9.78. The molecule has 3 heteroatoms. The van der Waals surface area contributed by atoms with Crippen LogP contribution < -0.4 is 0 Å². The minimum Gasteiger partial charge on any atom is -0.361 e. The summed E-state index contributed by atoms with van der Waals surface area (Å²) in [4.78, 5) is 6.24. The van der Waals surface area contributed by atoms with E-state index < -0.39 is 5.67 Å². The number of aromatic nitrogens is 1. The molecule has 0 bridgehead atoms. The molecule has 2 atom stereocenters. The number of rotatable bonds is 3. The first-order valence-corrected chi connectivity index (χ1v) is 5.62. The third kappa shape index (κ3) is 1.70. The summed E-state index contributed by atoms with van der Waals surface area (Å²) in [6, 6.07) is 5.62. The number of likely N-dealkylation sites (tertiary alicyclic amines) is 1. The number of halogens is 1. The molecule has 0 radical (unpaired) electrons. The normalized spacial score (nSPS) is 28.7. The molecule has 2 rings (SSSR count). The van der Waals surface area contributed by atoms with Crippen molar-refractivity contribution in [2.75, 3.05) is 6.54 Å². The molecule has 1 saturated heterocycles. The van der Waals surface area contributed by atoms with Crippen LogP contribution in [0.3, 0.4) is 0 Å². The van der Waals surface area contributed by atoms with Crippen LogP contribution in [0, 0.1) is 0 Å². The summed E-state index contributed by atoms with van der Waals surface area (Å²) < 4.78 is 13.9. The van der Waals surface area contributed by atoms with Gasteiger partial charge in [-0.15, -0.1) is 0 Å². The van der Waals surface area contributed by atoms with Crippen LogP contribution in [0.1, 0.15) is 26.0 Å². The third-order valence-electron chi connectivity index (χ3n) is 3.24. The SMILES string of the molecule is C=C(c1ccccn1)N1CC(C)(F)C1CC. The Morgan fingerprint density at radius 3 is 2.94 bits per heavy atom. The molecule has 1 aromatic heterocycles. The Bertz CT molecular complexity index is 386. The summed E-state index contributed by atoms with van der Waals surface area (Å²) >= 11 is 0. The predicted molar refractivity (Wildman–Crippen MR) is 63.6 cm³/mol. The van der Waals surface area contributed by atoms with E-state index in [0.717, 1.165) is 17.8 Å². The minimum atomic E-state index is -1.09. The molecule has 1 aliphatic rings. The molecular weight excluding hydrogens is 203 g/mol. The van der Waals surface area contributed by atoms with E-state index in [4.69, 9.17) is 0 Å². The van der Waals surface area contributed by atoms with Crippen LogP contribution >= 0.6 is 0 Å². The Balaban J connectivity index is 2.14. The van der Waals surface area contributed by atoms with Crippen molar-refractivity contribution in [1.82, 2.24) is 9.88 Å². The average molecular weight is 220 g/mol. The van der Waals surface area contributed by atoms with Gasteiger partial charge in [0.2, 0.25) is 0 Å². The minimum absolute atomic E-state index is 0.0676. The molecule has 0 aliphatic carbocycles. The summed E-state index contributed by atoms with van der Waals surface area (Å²) in [6.45, 7) is 8.08. The second-order valence-corrected chi connectivity index (χ2v) is 4.49. The number of nitrogens with zero attached hydrogens (tertiary/aromatic N) is 2. The topological polar surface area (TPSA) is 16.1 Å². The first-order chi connectivity index (χ1) is 7.56. The van der Waals surface area contributed by atoms with Crippen molar-refractivity contribution in [2.24, 2.45) is 0 Å². The predicted octanol–water partition coefficient (Wildman–Crippen LogP) is 2.87. The summed E-state index contributed by atoms with van der Waals surface area (Å²) in [5.74, 6) is 0. The fourth-order valence-corrected chi connectivity index (χ4v) is 2.37. The first-order valence-electron chi connectivity index (χ1n) is 5.62. The highest BCUT2D eigenvalue weighted by Gasteiger charge is 2.49. The Labute approximate surface area is 95.8 Å². The van der Waals surface area contributed by atoms with Gasteiger partial charge in [0, 0.05) is 6.20 Å². The lowest BCUT2D eigenvalue weighted by Crippen LogP contribution is -2.64. The van der Waals surface area contributed by atoms with E-state index in [0.29, 0.717) is 6.54 Å². The molecule has 1 aromatic rings. The van der Waals surface area contributed by atoms with Gasteiger partial charge in [0.15, 0.2) is 0 Å². The fourth-order valence-electron chi connectivity index (χ4n) is 2.37. The van der Waals surface area contributed by atoms with Crippen molar-refractivity contribution in [3.8, 4) is 0 Å². The molecule has 2 unspecified atom stereocenters. The van der Waals surface area contributed by atoms with Crippen molar-refractivity contribution in [1.29, 1.82) is 0 Å². The first kappa shape index (κ1) is 11.1. The van der Waals surface area contributed by atoms with Gasteiger partial charge in [0.25, 0.3) is 0 Å². The van der Waals surface area contributed by atoms with E-state index in [9.17, 15) is 4.39 Å². The molecule has 2 nitrogen and oxygen atoms in total. The number of alkyl halides is 1. The molecule has 0 aromatic carbocycles. The molecule has 0 spiro atoms. The van der Waals surface area contributed by atoms with E-state index in [1.165, 1.54) is 0 Å². The lowest BCUT2D eigenvalue weighted by Gasteiger charge is -2.52. The summed E-state index contributed by atoms with van der Waals surface area (Å²) in [6.07, 6.45) is 2.52. The second kappa shape index (κ2) is 3.89. The van der Waals surface area contributed by atoms with Gasteiger partial charge in [-0.1, -0.05) is 19.6 Å². The maximum absolute atomic E-state index is 13.9. The maximum Gasteiger partial charge on any atom is 0.145 e. The van der Waals surface area contributed by atoms with Crippen LogP contribution in [0.4, 0.5) is 4.39 Å². The van der Waals surface area contributed by atoms with Gasteiger partial charge in [-0.3, -0.25) is 4.98 Å². The van der Waals surface area contributed by atoms with Crippen molar-refractivity contribution in [3.63, 3.8) is 0 Å². The Morgan fingerprint density at radius 1 is 1.69 bits per heavy atom. The average Bonchev–Trinajstić information content (AvgIpc) is 2.27. The Morgan fingerprint density at radius 2 is 2.44 bits per heavy atom. The van der Waals surface area contributed by atoms with E-state index in [1.807, 2.05) is 30.0 Å². The van der Waals surface area contributed by atoms with Gasteiger partial charge in [0.1, 0.15) is 5.67 Å². The largest absolute Gasteiger partial charge is 0.361 e. The standard InChI is InChI=1S/C13H17FN2/c1-4-12-13(3,14)9-16(12)10(2)11-7-5-6-8-15-11/h5-8,12H,2,4,9H2,1,3H3. The van der Waals surface area contributed by atoms with E-state index in [-0.39, 0.29) is 6.04 Å². The van der Waals surface area contributed by atoms with Crippen molar-refractivity contribution < 1.29 is 4.39 Å². The molecule has 0 saturated carbocycles. The Kier molecular flexibility index (Phi) is 2.70. The van der Waals surface area contributed by atoms with Gasteiger partial charge in [-0.25, -0.2) is 4.39 Å². The zero-order valence-corrected chi connectivity index (χ0v) is 9.78. The van der Waals surface area contributed by atoms with Crippen LogP contribution in [0.5, 0.6) is 0 Å². The van der Waals surface area contributed by atoms with Gasteiger partial charge in [-0.05, 0) is 25.5 Å². The van der Waals surface area contributed by atoms with Crippen LogP contribution in [-0.2, 0) is 0 Å². The van der Waals surface area contributed by atoms with Crippen molar-refractivity contribution in [3.05, 3.63) is 36.7 Å². The molecule has 1 fully saturated rings. The zero-order chi connectivity index (χ0) is 11.8. The quantitative estimate of drug-likeness (QED) is 0.778. The highest BCUT2D eigenvalue weighted by molar-refractivity contribution is 5.60. The smallest absolute Gasteiger partial charge is 0.145 e. The third-order valence-corrected chi connectivity index (χ3v) is 3.24. The second-order valence-electron chi connectivity index (χ2n) is 4.49. The van der Waals surface area contributed by atoms with Crippen molar-refractivity contribution in [2.45, 2.75) is 32.0 Å². The molecular formula is C13H17FN2. The van der Waals surface area contributed by atoms with Gasteiger partial charge >= 0.3 is 0 Å². The van der Waals surface area contributed by atoms with Crippen LogP contribution in [-0.4, -0.2) is 28.1 Å². The Hall–Kier alpha value is -1.38. The molecule has 1 aliphatic heterocycles. The lowest BCUT2D eigenvalue weighted by atomic mass is 9.84. The van der Waals surface area contributed by atoms with E-state index >= 15 is 0 Å². The monoisotopic (exact) mass is 220 g/mol. The molecule has 2 heterocycles. The fraction of sp³-hybridized carbons (Fsp3) is 0.462. The van der Waals surface area contributed by atoms with Crippen molar-refractivity contribution >= 4 is 5.70 Å². The van der Waals surface area contributed by atoms with Gasteiger partial charge in [0.05, 0.1) is 24.0 Å². The molecule has 0 N–H and O–H groups in total. The van der Waals surface area contributed by atoms with Crippen LogP contribution in [0.25, 0.3) is 5.70 Å². The summed E-state index contributed by atoms with van der Waals surface area (Å²) in [7, 11) is 0. The van der Waals surface area contributed by atoms with Crippen LogP contribution in [0.2, 0.25) is 0 Å². The van der Waals surface area contributed by atoms with E-state index in [2.05, 4.69) is 11.6 Å². The lowest BCUT2D eigenvalue weighted by molar-refractivity contribution is -0.0483. The summed E-state index contributed by atoms with van der Waals surface area (Å²) in [5, 5.41) is 0. The number of pyridine rings is 1. The molecule has 86 valence electrons. The van der Waals surface area contributed by atoms with Gasteiger partial charge < -0.3 is 4.90 Å².